The molecule has 11 heteroatoms. The second-order valence-electron chi connectivity index (χ2n) is 7.63. The van der Waals surface area contributed by atoms with E-state index in [9.17, 15) is 13.2 Å². The van der Waals surface area contributed by atoms with E-state index in [0.29, 0.717) is 24.7 Å². The normalized spacial score (nSPS) is 14.7. The standard InChI is InChI=1S/C22H29N3O6S2/c1-15-19(21(26)30-4)20(16(2)31-15)33(27,28)25-13-11-24(12-14-25)22(32)23-10-9-17-5-7-18(29-3)8-6-17/h5-8H,9-14H2,1-4H3,(H,23,32). The van der Waals surface area contributed by atoms with Crippen molar-refractivity contribution >= 4 is 33.3 Å². The fourth-order valence-electron chi connectivity index (χ4n) is 3.79. The molecule has 1 saturated heterocycles. The molecule has 0 saturated carbocycles. The number of ether oxygens (including phenoxy) is 2. The number of hydrogen-bond acceptors (Lipinski definition) is 7. The van der Waals surface area contributed by atoms with Crippen molar-refractivity contribution in [2.45, 2.75) is 25.2 Å². The molecule has 1 aromatic heterocycles. The van der Waals surface area contributed by atoms with Crippen LogP contribution in [0, 0.1) is 13.8 Å². The summed E-state index contributed by atoms with van der Waals surface area (Å²) < 4.78 is 43.3. The molecule has 3 rings (SSSR count). The SMILES string of the molecule is COC(=O)c1c(C)oc(C)c1S(=O)(=O)N1CCN(C(=S)NCCc2ccc(OC)cc2)CC1. The number of methoxy groups -OCH3 is 2. The molecule has 33 heavy (non-hydrogen) atoms. The number of rotatable bonds is 7. The first-order valence-electron chi connectivity index (χ1n) is 10.5. The van der Waals surface area contributed by atoms with Gasteiger partial charge in [-0.1, -0.05) is 12.1 Å². The maximum absolute atomic E-state index is 13.3. The molecule has 1 fully saturated rings. The maximum Gasteiger partial charge on any atom is 0.342 e. The number of nitrogens with zero attached hydrogens (tertiary/aromatic N) is 2. The zero-order chi connectivity index (χ0) is 24.2. The van der Waals surface area contributed by atoms with E-state index in [0.717, 1.165) is 17.7 Å². The number of esters is 1. The van der Waals surface area contributed by atoms with Gasteiger partial charge in [0.2, 0.25) is 10.0 Å². The summed E-state index contributed by atoms with van der Waals surface area (Å²) in [4.78, 5) is 14.0. The minimum Gasteiger partial charge on any atom is -0.497 e. The van der Waals surface area contributed by atoms with Crippen molar-refractivity contribution in [3.63, 3.8) is 0 Å². The molecule has 0 spiro atoms. The Balaban J connectivity index is 1.58. The fraction of sp³-hybridized carbons (Fsp3) is 0.455. The van der Waals surface area contributed by atoms with E-state index in [-0.39, 0.29) is 35.1 Å². The molecular formula is C22H29N3O6S2. The number of carbonyl (C=O) groups excluding carboxylic acids is 1. The van der Waals surface area contributed by atoms with Crippen LogP contribution in [0.2, 0.25) is 0 Å². The fourth-order valence-corrected chi connectivity index (χ4v) is 5.87. The monoisotopic (exact) mass is 495 g/mol. The van der Waals surface area contributed by atoms with Gasteiger partial charge in [0.1, 0.15) is 27.7 Å². The maximum atomic E-state index is 13.3. The summed E-state index contributed by atoms with van der Waals surface area (Å²) in [6, 6.07) is 7.86. The molecule has 2 heterocycles. The molecule has 0 atom stereocenters. The number of furan rings is 1. The van der Waals surface area contributed by atoms with E-state index in [2.05, 4.69) is 5.32 Å². The average molecular weight is 496 g/mol. The van der Waals surface area contributed by atoms with Crippen LogP contribution >= 0.6 is 12.2 Å². The van der Waals surface area contributed by atoms with Gasteiger partial charge in [-0.2, -0.15) is 4.31 Å². The van der Waals surface area contributed by atoms with Crippen molar-refractivity contribution in [1.82, 2.24) is 14.5 Å². The molecule has 2 aromatic rings. The van der Waals surface area contributed by atoms with E-state index in [1.807, 2.05) is 29.2 Å². The first kappa shape index (κ1) is 25.0. The molecule has 0 bridgehead atoms. The molecule has 0 amide bonds. The third kappa shape index (κ3) is 5.48. The summed E-state index contributed by atoms with van der Waals surface area (Å²) in [6.07, 6.45) is 0.800. The van der Waals surface area contributed by atoms with E-state index >= 15 is 0 Å². The third-order valence-corrected chi connectivity index (χ3v) is 8.02. The highest BCUT2D eigenvalue weighted by molar-refractivity contribution is 7.89. The molecule has 0 unspecified atom stereocenters. The summed E-state index contributed by atoms with van der Waals surface area (Å²) in [5, 5.41) is 3.83. The average Bonchev–Trinajstić information content (AvgIpc) is 3.13. The van der Waals surface area contributed by atoms with Gasteiger partial charge in [-0.25, -0.2) is 13.2 Å². The van der Waals surface area contributed by atoms with Crippen molar-refractivity contribution < 1.29 is 27.1 Å². The lowest BCUT2D eigenvalue weighted by Crippen LogP contribution is -2.53. The van der Waals surface area contributed by atoms with Crippen LogP contribution in [0.25, 0.3) is 0 Å². The number of nitrogens with one attached hydrogen (secondary N) is 1. The van der Waals surface area contributed by atoms with Gasteiger partial charge in [-0.3, -0.25) is 0 Å². The summed E-state index contributed by atoms with van der Waals surface area (Å²) in [5.74, 6) is 0.475. The van der Waals surface area contributed by atoms with E-state index in [1.54, 1.807) is 14.0 Å². The lowest BCUT2D eigenvalue weighted by atomic mass is 10.1. The van der Waals surface area contributed by atoms with Gasteiger partial charge in [-0.05, 0) is 50.2 Å². The quantitative estimate of drug-likeness (QED) is 0.457. The molecule has 0 aliphatic carbocycles. The van der Waals surface area contributed by atoms with Crippen molar-refractivity contribution in [3.8, 4) is 5.75 Å². The second-order valence-corrected chi connectivity index (χ2v) is 9.89. The lowest BCUT2D eigenvalue weighted by molar-refractivity contribution is 0.0594. The highest BCUT2D eigenvalue weighted by atomic mass is 32.2. The Morgan fingerprint density at radius 2 is 1.73 bits per heavy atom. The van der Waals surface area contributed by atoms with Crippen LogP contribution in [0.5, 0.6) is 5.75 Å². The smallest absolute Gasteiger partial charge is 0.342 e. The third-order valence-electron chi connectivity index (χ3n) is 5.57. The Hall–Kier alpha value is -2.63. The van der Waals surface area contributed by atoms with Crippen LogP contribution in [-0.4, -0.2) is 75.6 Å². The number of sulfonamides is 1. The minimum absolute atomic E-state index is 0.0480. The highest BCUT2D eigenvalue weighted by Crippen LogP contribution is 2.30. The molecule has 1 aliphatic heterocycles. The van der Waals surface area contributed by atoms with E-state index in [1.165, 1.54) is 18.3 Å². The van der Waals surface area contributed by atoms with Gasteiger partial charge >= 0.3 is 5.97 Å². The second kappa shape index (κ2) is 10.5. The van der Waals surface area contributed by atoms with Gasteiger partial charge < -0.3 is 24.1 Å². The Kier molecular flexibility index (Phi) is 7.98. The van der Waals surface area contributed by atoms with Gasteiger partial charge in [0.15, 0.2) is 5.11 Å². The highest BCUT2D eigenvalue weighted by Gasteiger charge is 2.37. The number of hydrogen-bond donors (Lipinski definition) is 1. The molecule has 1 N–H and O–H groups in total. The number of aryl methyl sites for hydroxylation is 2. The van der Waals surface area contributed by atoms with Crippen LogP contribution < -0.4 is 10.1 Å². The summed E-state index contributed by atoms with van der Waals surface area (Å²) >= 11 is 5.50. The Morgan fingerprint density at radius 1 is 1.09 bits per heavy atom. The zero-order valence-corrected chi connectivity index (χ0v) is 20.8. The van der Waals surface area contributed by atoms with Crippen molar-refractivity contribution in [2.24, 2.45) is 0 Å². The summed E-state index contributed by atoms with van der Waals surface area (Å²) in [7, 11) is -1.08. The number of thiocarbonyl (C=S) groups is 1. The Bertz CT molecular complexity index is 1100. The molecule has 1 aliphatic rings. The van der Waals surface area contributed by atoms with E-state index in [4.69, 9.17) is 26.1 Å². The molecular weight excluding hydrogens is 466 g/mol. The van der Waals surface area contributed by atoms with Crippen molar-refractivity contribution in [3.05, 3.63) is 46.9 Å². The Labute approximate surface area is 199 Å². The van der Waals surface area contributed by atoms with E-state index < -0.39 is 16.0 Å². The van der Waals surface area contributed by atoms with Crippen molar-refractivity contribution in [1.29, 1.82) is 0 Å². The first-order valence-corrected chi connectivity index (χ1v) is 12.4. The molecule has 1 aromatic carbocycles. The zero-order valence-electron chi connectivity index (χ0n) is 19.2. The Morgan fingerprint density at radius 3 is 2.30 bits per heavy atom. The van der Waals surface area contributed by atoms with Crippen LogP contribution in [-0.2, 0) is 21.2 Å². The van der Waals surface area contributed by atoms with Crippen LogP contribution in [0.4, 0.5) is 0 Å². The van der Waals surface area contributed by atoms with Gasteiger partial charge in [0.05, 0.1) is 14.2 Å². The largest absolute Gasteiger partial charge is 0.497 e. The summed E-state index contributed by atoms with van der Waals surface area (Å²) in [5.41, 5.74) is 1.11. The summed E-state index contributed by atoms with van der Waals surface area (Å²) in [6.45, 7) is 5.12. The van der Waals surface area contributed by atoms with Crippen molar-refractivity contribution in [2.75, 3.05) is 46.9 Å². The molecule has 9 nitrogen and oxygen atoms in total. The topological polar surface area (TPSA) is 101 Å². The van der Waals surface area contributed by atoms with Gasteiger partial charge in [-0.15, -0.1) is 0 Å². The number of carbonyl (C=O) groups is 1. The lowest BCUT2D eigenvalue weighted by Gasteiger charge is -2.35. The minimum atomic E-state index is -3.93. The van der Waals surface area contributed by atoms with Crippen LogP contribution in [0.3, 0.4) is 0 Å². The van der Waals surface area contributed by atoms with Gasteiger partial charge in [0.25, 0.3) is 0 Å². The van der Waals surface area contributed by atoms with Crippen LogP contribution in [0.15, 0.2) is 33.6 Å². The number of benzene rings is 1. The molecule has 0 radical (unpaired) electrons. The van der Waals surface area contributed by atoms with Gasteiger partial charge in [0, 0.05) is 32.7 Å². The first-order chi connectivity index (χ1) is 15.7. The predicted molar refractivity (Wildman–Crippen MR) is 127 cm³/mol. The number of piperazine rings is 1. The molecule has 180 valence electrons. The predicted octanol–water partition coefficient (Wildman–Crippen LogP) is 2.12. The van der Waals surface area contributed by atoms with Crippen LogP contribution in [0.1, 0.15) is 27.4 Å².